The van der Waals surface area contributed by atoms with Gasteiger partial charge in [-0.25, -0.2) is 9.59 Å². The number of hydrogen-bond acceptors (Lipinski definition) is 5. The van der Waals surface area contributed by atoms with Crippen LogP contribution in [0.2, 0.25) is 0 Å². The van der Waals surface area contributed by atoms with Crippen LogP contribution in [0.15, 0.2) is 115 Å². The number of carbonyl (C=O) groups is 2. The first-order valence-electron chi connectivity index (χ1n) is 15.0. The molecule has 0 unspecified atom stereocenters. The van der Waals surface area contributed by atoms with Crippen molar-refractivity contribution in [1.82, 2.24) is 0 Å². The van der Waals surface area contributed by atoms with Gasteiger partial charge in [0.15, 0.2) is 0 Å². The van der Waals surface area contributed by atoms with E-state index in [2.05, 4.69) is 68.6 Å². The van der Waals surface area contributed by atoms with Crippen molar-refractivity contribution in [2.75, 3.05) is 13.7 Å². The van der Waals surface area contributed by atoms with Crippen molar-refractivity contribution in [1.29, 1.82) is 0 Å². The van der Waals surface area contributed by atoms with E-state index in [4.69, 9.17) is 14.2 Å². The fourth-order valence-corrected chi connectivity index (χ4v) is 4.85. The molecule has 44 heavy (non-hydrogen) atoms. The molecule has 0 radical (unpaired) electrons. The first-order valence-corrected chi connectivity index (χ1v) is 15.0. The fraction of sp³-hybridized carbons (Fsp3) is 0.231. The standard InChI is InChI=1S/C39H40O5/c1-6-7-8-9-10-29-11-13-33(14-12-29)37-25-35(44-38(40)27(2)3)23-24-36(37)32-17-15-30(16-18-32)31-19-21-34(22-20-31)43-39(41)28(4)26-42-5/h11-25H,2,4,6-10,26H2,1,3,5H3. The SMILES string of the molecule is C=C(C)C(=O)Oc1ccc(-c2ccc(-c3ccc(OC(=O)C(=C)COC)cc3)cc2)c(-c2ccc(CCCCCC)cc2)c1. The summed E-state index contributed by atoms with van der Waals surface area (Å²) in [5.41, 5.74) is 8.03. The molecule has 0 fully saturated rings. The van der Waals surface area contributed by atoms with E-state index in [-0.39, 0.29) is 12.2 Å². The Morgan fingerprint density at radius 2 is 1.18 bits per heavy atom. The molecule has 0 heterocycles. The Kier molecular flexibility index (Phi) is 11.4. The first-order chi connectivity index (χ1) is 21.3. The van der Waals surface area contributed by atoms with Gasteiger partial charge in [0.1, 0.15) is 11.5 Å². The van der Waals surface area contributed by atoms with Gasteiger partial charge in [0.05, 0.1) is 12.2 Å². The third-order valence-corrected chi connectivity index (χ3v) is 7.34. The minimum Gasteiger partial charge on any atom is -0.423 e. The molecule has 4 rings (SSSR count). The lowest BCUT2D eigenvalue weighted by atomic mass is 9.92. The number of hydrogen-bond donors (Lipinski definition) is 0. The highest BCUT2D eigenvalue weighted by Gasteiger charge is 2.14. The number of esters is 2. The minimum atomic E-state index is -0.512. The van der Waals surface area contributed by atoms with Gasteiger partial charge in [-0.3, -0.25) is 0 Å². The topological polar surface area (TPSA) is 61.8 Å². The molecule has 0 atom stereocenters. The van der Waals surface area contributed by atoms with E-state index in [1.54, 1.807) is 19.1 Å². The molecular formula is C39H40O5. The molecule has 0 saturated heterocycles. The molecule has 0 aliphatic rings. The lowest BCUT2D eigenvalue weighted by molar-refractivity contribution is -0.131. The Morgan fingerprint density at radius 1 is 0.636 bits per heavy atom. The monoisotopic (exact) mass is 588 g/mol. The van der Waals surface area contributed by atoms with E-state index >= 15 is 0 Å². The lowest BCUT2D eigenvalue weighted by Gasteiger charge is -2.14. The summed E-state index contributed by atoms with van der Waals surface area (Å²) in [5, 5.41) is 0. The van der Waals surface area contributed by atoms with Gasteiger partial charge in [-0.05, 0) is 83.0 Å². The van der Waals surface area contributed by atoms with Gasteiger partial charge in [-0.2, -0.15) is 0 Å². The number of ether oxygens (including phenoxy) is 3. The molecule has 0 spiro atoms. The van der Waals surface area contributed by atoms with E-state index in [1.165, 1.54) is 38.4 Å². The largest absolute Gasteiger partial charge is 0.423 e. The molecule has 4 aromatic carbocycles. The minimum absolute atomic E-state index is 0.123. The maximum absolute atomic E-state index is 12.3. The van der Waals surface area contributed by atoms with Gasteiger partial charge >= 0.3 is 11.9 Å². The maximum atomic E-state index is 12.3. The van der Waals surface area contributed by atoms with Crippen molar-refractivity contribution in [3.63, 3.8) is 0 Å². The highest BCUT2D eigenvalue weighted by Crippen LogP contribution is 2.36. The molecule has 0 aliphatic heterocycles. The zero-order chi connectivity index (χ0) is 31.5. The van der Waals surface area contributed by atoms with Gasteiger partial charge in [-0.1, -0.05) is 106 Å². The van der Waals surface area contributed by atoms with Gasteiger partial charge in [0.25, 0.3) is 0 Å². The molecular weight excluding hydrogens is 548 g/mol. The number of carbonyl (C=O) groups excluding carboxylic acids is 2. The van der Waals surface area contributed by atoms with Crippen molar-refractivity contribution in [2.24, 2.45) is 0 Å². The number of rotatable bonds is 14. The first kappa shape index (κ1) is 32.2. The Balaban J connectivity index is 1.58. The van der Waals surface area contributed by atoms with Gasteiger partial charge in [0, 0.05) is 12.7 Å². The quantitative estimate of drug-likeness (QED) is 0.0636. The summed E-state index contributed by atoms with van der Waals surface area (Å²) < 4.78 is 15.9. The van der Waals surface area contributed by atoms with Crippen LogP contribution < -0.4 is 9.47 Å². The summed E-state index contributed by atoms with van der Waals surface area (Å²) in [6, 6.07) is 30.0. The van der Waals surface area contributed by atoms with Crippen molar-refractivity contribution in [2.45, 2.75) is 46.0 Å². The normalized spacial score (nSPS) is 10.7. The smallest absolute Gasteiger partial charge is 0.341 e. The van der Waals surface area contributed by atoms with E-state index < -0.39 is 11.9 Å². The molecule has 0 aromatic heterocycles. The third kappa shape index (κ3) is 8.65. The molecule has 226 valence electrons. The summed E-state index contributed by atoms with van der Waals surface area (Å²) in [6.07, 6.45) is 6.00. The number of aryl methyl sites for hydroxylation is 1. The van der Waals surface area contributed by atoms with Gasteiger partial charge in [0.2, 0.25) is 0 Å². The molecule has 0 amide bonds. The number of benzene rings is 4. The number of methoxy groups -OCH3 is 1. The predicted molar refractivity (Wildman–Crippen MR) is 178 cm³/mol. The van der Waals surface area contributed by atoms with Crippen LogP contribution >= 0.6 is 0 Å². The average Bonchev–Trinajstić information content (AvgIpc) is 3.04. The molecule has 0 saturated carbocycles. The molecule has 4 aromatic rings. The van der Waals surface area contributed by atoms with Crippen LogP contribution in [-0.4, -0.2) is 25.7 Å². The molecule has 5 nitrogen and oxygen atoms in total. The summed E-state index contributed by atoms with van der Waals surface area (Å²) in [4.78, 5) is 24.4. The second-order valence-corrected chi connectivity index (χ2v) is 10.9. The van der Waals surface area contributed by atoms with Crippen LogP contribution in [-0.2, 0) is 20.7 Å². The van der Waals surface area contributed by atoms with Crippen LogP contribution in [0.1, 0.15) is 45.1 Å². The lowest BCUT2D eigenvalue weighted by Crippen LogP contribution is -2.13. The zero-order valence-electron chi connectivity index (χ0n) is 25.9. The van der Waals surface area contributed by atoms with E-state index in [1.807, 2.05) is 30.3 Å². The Morgan fingerprint density at radius 3 is 1.80 bits per heavy atom. The van der Waals surface area contributed by atoms with Crippen molar-refractivity contribution < 1.29 is 23.8 Å². The number of unbranched alkanes of at least 4 members (excludes halogenated alkanes) is 3. The summed E-state index contributed by atoms with van der Waals surface area (Å²) >= 11 is 0. The molecule has 0 aliphatic carbocycles. The van der Waals surface area contributed by atoms with E-state index in [0.717, 1.165) is 39.8 Å². The predicted octanol–water partition coefficient (Wildman–Crippen LogP) is 9.40. The Bertz CT molecular complexity index is 1600. The Labute approximate surface area is 260 Å². The second-order valence-electron chi connectivity index (χ2n) is 10.9. The second kappa shape index (κ2) is 15.6. The zero-order valence-corrected chi connectivity index (χ0v) is 25.9. The van der Waals surface area contributed by atoms with Gasteiger partial charge in [-0.15, -0.1) is 0 Å². The fourth-order valence-electron chi connectivity index (χ4n) is 4.85. The summed E-state index contributed by atoms with van der Waals surface area (Å²) in [7, 11) is 1.50. The third-order valence-electron chi connectivity index (χ3n) is 7.34. The van der Waals surface area contributed by atoms with Crippen LogP contribution in [0, 0.1) is 0 Å². The molecule has 0 N–H and O–H groups in total. The van der Waals surface area contributed by atoms with Crippen LogP contribution in [0.3, 0.4) is 0 Å². The van der Waals surface area contributed by atoms with Crippen molar-refractivity contribution in [3.8, 4) is 44.9 Å². The highest BCUT2D eigenvalue weighted by atomic mass is 16.5. The van der Waals surface area contributed by atoms with Crippen molar-refractivity contribution in [3.05, 3.63) is 121 Å². The van der Waals surface area contributed by atoms with Crippen LogP contribution in [0.5, 0.6) is 11.5 Å². The molecule has 5 heteroatoms. The van der Waals surface area contributed by atoms with Crippen LogP contribution in [0.25, 0.3) is 33.4 Å². The van der Waals surface area contributed by atoms with E-state index in [9.17, 15) is 9.59 Å². The van der Waals surface area contributed by atoms with Crippen molar-refractivity contribution >= 4 is 11.9 Å². The van der Waals surface area contributed by atoms with Crippen LogP contribution in [0.4, 0.5) is 0 Å². The maximum Gasteiger partial charge on any atom is 0.341 e. The average molecular weight is 589 g/mol. The Hall–Kier alpha value is -4.74. The molecule has 0 bridgehead atoms. The summed E-state index contributed by atoms with van der Waals surface area (Å²) in [5.74, 6) is -0.0433. The van der Waals surface area contributed by atoms with Gasteiger partial charge < -0.3 is 14.2 Å². The summed E-state index contributed by atoms with van der Waals surface area (Å²) in [6.45, 7) is 11.4. The highest BCUT2D eigenvalue weighted by molar-refractivity contribution is 5.91. The van der Waals surface area contributed by atoms with E-state index in [0.29, 0.717) is 17.1 Å².